The van der Waals surface area contributed by atoms with Gasteiger partial charge in [-0.05, 0) is 12.1 Å². The predicted molar refractivity (Wildman–Crippen MR) is 113 cm³/mol. The van der Waals surface area contributed by atoms with E-state index in [-0.39, 0.29) is 16.8 Å². The number of imide groups is 1. The van der Waals surface area contributed by atoms with Gasteiger partial charge in [-0.2, -0.15) is 0 Å². The molecule has 0 unspecified atom stereocenters. The normalized spacial score (nSPS) is 14.4. The number of nitrogens with one attached hydrogen (secondary N) is 2. The van der Waals surface area contributed by atoms with Crippen LogP contribution in [0.2, 0.25) is 0 Å². The van der Waals surface area contributed by atoms with Gasteiger partial charge in [0.05, 0.1) is 18.3 Å². The Morgan fingerprint density at radius 2 is 1.53 bits per heavy atom. The van der Waals surface area contributed by atoms with Crippen LogP contribution in [0.25, 0.3) is 33.0 Å². The molecule has 2 N–H and O–H groups in total. The van der Waals surface area contributed by atoms with Crippen LogP contribution in [0.3, 0.4) is 0 Å². The van der Waals surface area contributed by atoms with Gasteiger partial charge in [-0.3, -0.25) is 14.5 Å². The molecule has 0 saturated carbocycles. The minimum Gasteiger partial charge on any atom is -0.464 e. The van der Waals surface area contributed by atoms with Gasteiger partial charge in [0.1, 0.15) is 5.69 Å². The van der Waals surface area contributed by atoms with Gasteiger partial charge in [-0.25, -0.2) is 4.79 Å². The summed E-state index contributed by atoms with van der Waals surface area (Å²) in [6, 6.07) is 14.8. The van der Waals surface area contributed by atoms with Gasteiger partial charge in [0.25, 0.3) is 11.8 Å². The molecule has 2 aromatic heterocycles. The number of aromatic amines is 2. The fourth-order valence-corrected chi connectivity index (χ4v) is 4.06. The molecule has 0 saturated heterocycles. The largest absolute Gasteiger partial charge is 0.464 e. The van der Waals surface area contributed by atoms with Gasteiger partial charge in [0.2, 0.25) is 0 Å². The van der Waals surface area contributed by atoms with Crippen LogP contribution in [0.5, 0.6) is 0 Å². The first-order valence-electron chi connectivity index (χ1n) is 9.35. The minimum absolute atomic E-state index is 0.141. The molecule has 7 nitrogen and oxygen atoms in total. The Morgan fingerprint density at radius 1 is 0.900 bits per heavy atom. The van der Waals surface area contributed by atoms with Crippen molar-refractivity contribution in [2.24, 2.45) is 0 Å². The Morgan fingerprint density at radius 3 is 2.27 bits per heavy atom. The van der Waals surface area contributed by atoms with Crippen molar-refractivity contribution in [2.45, 2.75) is 0 Å². The Bertz CT molecular complexity index is 1410. The second-order valence-corrected chi connectivity index (χ2v) is 7.08. The zero-order chi connectivity index (χ0) is 21.0. The average molecular weight is 399 g/mol. The lowest BCUT2D eigenvalue weighted by Crippen LogP contribution is -2.26. The molecule has 148 valence electrons. The summed E-state index contributed by atoms with van der Waals surface area (Å²) in [7, 11) is 2.72. The number of rotatable bonds is 3. The van der Waals surface area contributed by atoms with Crippen molar-refractivity contribution in [3.63, 3.8) is 0 Å². The number of amides is 2. The molecular weight excluding hydrogens is 382 g/mol. The highest BCUT2D eigenvalue weighted by Gasteiger charge is 2.41. The van der Waals surface area contributed by atoms with E-state index in [2.05, 4.69) is 9.97 Å². The summed E-state index contributed by atoms with van der Waals surface area (Å²) in [5, 5.41) is 1.49. The van der Waals surface area contributed by atoms with Crippen molar-refractivity contribution in [2.75, 3.05) is 14.2 Å². The molecule has 0 bridgehead atoms. The van der Waals surface area contributed by atoms with Crippen LogP contribution >= 0.6 is 0 Å². The van der Waals surface area contributed by atoms with Crippen LogP contribution in [0.15, 0.2) is 54.7 Å². The zero-order valence-electron chi connectivity index (χ0n) is 16.3. The number of aromatic nitrogens is 2. The second-order valence-electron chi connectivity index (χ2n) is 7.08. The Labute approximate surface area is 170 Å². The monoisotopic (exact) mass is 399 g/mol. The molecule has 5 rings (SSSR count). The SMILES string of the molecule is COC(=O)c1[nH]c2ccccc2c1C1=C(c2c[nH]c3ccccc23)C(=O)N(C)C1=O. The van der Waals surface area contributed by atoms with Crippen molar-refractivity contribution in [1.82, 2.24) is 14.9 Å². The summed E-state index contributed by atoms with van der Waals surface area (Å²) in [6.07, 6.45) is 1.72. The van der Waals surface area contributed by atoms with Gasteiger partial charge in [0.15, 0.2) is 0 Å². The van der Waals surface area contributed by atoms with E-state index in [0.29, 0.717) is 22.0 Å². The van der Waals surface area contributed by atoms with Gasteiger partial charge in [-0.1, -0.05) is 36.4 Å². The lowest BCUT2D eigenvalue weighted by atomic mass is 9.94. The third kappa shape index (κ3) is 2.35. The molecule has 0 aliphatic carbocycles. The van der Waals surface area contributed by atoms with Crippen molar-refractivity contribution in [3.05, 3.63) is 71.5 Å². The maximum atomic E-state index is 13.2. The molecule has 4 aromatic rings. The molecule has 0 fully saturated rings. The topological polar surface area (TPSA) is 95.3 Å². The van der Waals surface area contributed by atoms with Gasteiger partial charge in [0, 0.05) is 46.2 Å². The van der Waals surface area contributed by atoms with Crippen LogP contribution in [0.1, 0.15) is 21.6 Å². The van der Waals surface area contributed by atoms with E-state index < -0.39 is 17.8 Å². The second kappa shape index (κ2) is 6.45. The van der Waals surface area contributed by atoms with Crippen molar-refractivity contribution >= 4 is 50.7 Å². The average Bonchev–Trinajstić information content (AvgIpc) is 3.42. The summed E-state index contributed by atoms with van der Waals surface area (Å²) in [5.74, 6) is -1.49. The number of hydrogen-bond acceptors (Lipinski definition) is 4. The number of nitrogens with zero attached hydrogens (tertiary/aromatic N) is 1. The van der Waals surface area contributed by atoms with Crippen LogP contribution < -0.4 is 0 Å². The van der Waals surface area contributed by atoms with Crippen LogP contribution in [0.4, 0.5) is 0 Å². The maximum absolute atomic E-state index is 13.2. The lowest BCUT2D eigenvalue weighted by molar-refractivity contribution is -0.134. The van der Waals surface area contributed by atoms with Crippen LogP contribution in [-0.4, -0.2) is 46.8 Å². The van der Waals surface area contributed by atoms with Gasteiger partial charge < -0.3 is 14.7 Å². The van der Waals surface area contributed by atoms with Gasteiger partial charge in [-0.15, -0.1) is 0 Å². The molecule has 0 atom stereocenters. The number of methoxy groups -OCH3 is 1. The molecular formula is C23H17N3O4. The van der Waals surface area contributed by atoms with Crippen LogP contribution in [0, 0.1) is 0 Å². The molecule has 0 radical (unpaired) electrons. The molecule has 3 heterocycles. The fourth-order valence-electron chi connectivity index (χ4n) is 4.06. The zero-order valence-corrected chi connectivity index (χ0v) is 16.3. The Balaban J connectivity index is 1.91. The quantitative estimate of drug-likeness (QED) is 0.408. The number of fused-ring (bicyclic) bond motifs is 2. The number of esters is 1. The number of carbonyl (C=O) groups is 3. The van der Waals surface area contributed by atoms with E-state index >= 15 is 0 Å². The number of H-pyrrole nitrogens is 2. The lowest BCUT2D eigenvalue weighted by Gasteiger charge is -2.07. The van der Waals surface area contributed by atoms with E-state index in [1.165, 1.54) is 14.2 Å². The molecule has 1 aliphatic heterocycles. The first-order valence-corrected chi connectivity index (χ1v) is 9.35. The van der Waals surface area contributed by atoms with Crippen molar-refractivity contribution in [3.8, 4) is 0 Å². The first kappa shape index (κ1) is 17.9. The highest BCUT2D eigenvalue weighted by Crippen LogP contribution is 2.41. The van der Waals surface area contributed by atoms with E-state index in [1.807, 2.05) is 48.5 Å². The van der Waals surface area contributed by atoms with E-state index in [9.17, 15) is 14.4 Å². The molecule has 2 amide bonds. The number of hydrogen-bond donors (Lipinski definition) is 2. The standard InChI is InChI=1S/C23H17N3O4/c1-26-21(27)18(14-11-24-15-9-5-3-7-12(14)15)19(22(26)28)17-13-8-4-6-10-16(13)25-20(17)23(29)30-2/h3-11,24-25H,1-2H3. The third-order valence-corrected chi connectivity index (χ3v) is 5.49. The third-order valence-electron chi connectivity index (χ3n) is 5.49. The molecule has 0 spiro atoms. The van der Waals surface area contributed by atoms with E-state index in [0.717, 1.165) is 15.8 Å². The minimum atomic E-state index is -0.609. The van der Waals surface area contributed by atoms with E-state index in [4.69, 9.17) is 4.74 Å². The highest BCUT2D eigenvalue weighted by atomic mass is 16.5. The fraction of sp³-hybridized carbons (Fsp3) is 0.0870. The highest BCUT2D eigenvalue weighted by molar-refractivity contribution is 6.51. The van der Waals surface area contributed by atoms with Crippen molar-refractivity contribution in [1.29, 1.82) is 0 Å². The molecule has 30 heavy (non-hydrogen) atoms. The Kier molecular flexibility index (Phi) is 3.86. The van der Waals surface area contributed by atoms with Crippen molar-refractivity contribution < 1.29 is 19.1 Å². The summed E-state index contributed by atoms with van der Waals surface area (Å²) >= 11 is 0. The maximum Gasteiger partial charge on any atom is 0.355 e. The number of carbonyl (C=O) groups excluding carboxylic acids is 3. The molecule has 2 aromatic carbocycles. The summed E-state index contributed by atoms with van der Waals surface area (Å²) < 4.78 is 4.94. The first-order chi connectivity index (χ1) is 14.5. The van der Waals surface area contributed by atoms with E-state index in [1.54, 1.807) is 6.20 Å². The number of likely N-dealkylation sites (N-methyl/N-ethyl adjacent to an activating group) is 1. The van der Waals surface area contributed by atoms with Gasteiger partial charge >= 0.3 is 5.97 Å². The van der Waals surface area contributed by atoms with Crippen LogP contribution in [-0.2, 0) is 14.3 Å². The molecule has 7 heteroatoms. The number of ether oxygens (including phenoxy) is 1. The predicted octanol–water partition coefficient (Wildman–Crippen LogP) is 3.35. The smallest absolute Gasteiger partial charge is 0.355 e. The summed E-state index contributed by atoms with van der Waals surface area (Å²) in [5.41, 5.74) is 3.10. The Hall–Kier alpha value is -4.13. The number of para-hydroxylation sites is 2. The number of benzene rings is 2. The molecule has 1 aliphatic rings. The summed E-state index contributed by atoms with van der Waals surface area (Å²) in [6.45, 7) is 0. The summed E-state index contributed by atoms with van der Waals surface area (Å²) in [4.78, 5) is 46.2.